The number of carbonyl (C=O) groups excluding carboxylic acids is 2. The van der Waals surface area contributed by atoms with Crippen LogP contribution in [0.3, 0.4) is 0 Å². The van der Waals surface area contributed by atoms with Crippen molar-refractivity contribution in [1.29, 1.82) is 0 Å². The number of alkyl halides is 3. The van der Waals surface area contributed by atoms with E-state index in [1.165, 1.54) is 28.9 Å². The number of rotatable bonds is 4. The van der Waals surface area contributed by atoms with E-state index < -0.39 is 17.8 Å². The minimum Gasteiger partial charge on any atom is -0.323 e. The van der Waals surface area contributed by atoms with E-state index in [0.29, 0.717) is 17.8 Å². The van der Waals surface area contributed by atoms with Crippen LogP contribution in [0, 0.1) is 5.92 Å². The molecule has 0 radical (unpaired) electrons. The normalized spacial score (nSPS) is 17.0. The highest BCUT2D eigenvalue weighted by atomic mass is 19.4. The van der Waals surface area contributed by atoms with Gasteiger partial charge in [0, 0.05) is 26.6 Å². The van der Waals surface area contributed by atoms with Gasteiger partial charge in [0.2, 0.25) is 5.91 Å². The van der Waals surface area contributed by atoms with Gasteiger partial charge in [0.05, 0.1) is 18.5 Å². The van der Waals surface area contributed by atoms with Gasteiger partial charge in [-0.1, -0.05) is 12.1 Å². The Hall–Kier alpha value is -2.98. The molecular weight excluding hydrogens is 365 g/mol. The number of aromatic nitrogens is 4. The maximum atomic E-state index is 12.6. The number of halogens is 3. The molecule has 3 rings (SSSR count). The molecule has 27 heavy (non-hydrogen) atoms. The monoisotopic (exact) mass is 382 g/mol. The number of amides is 3. The lowest BCUT2D eigenvalue weighted by molar-refractivity contribution is -0.143. The predicted octanol–water partition coefficient (Wildman–Crippen LogP) is 1.48. The van der Waals surface area contributed by atoms with Gasteiger partial charge in [-0.2, -0.15) is 18.0 Å². The summed E-state index contributed by atoms with van der Waals surface area (Å²) in [5.74, 6) is -0.273. The lowest BCUT2D eigenvalue weighted by atomic mass is 9.95. The van der Waals surface area contributed by atoms with Crippen molar-refractivity contribution in [3.8, 4) is 0 Å². The Morgan fingerprint density at radius 3 is 2.48 bits per heavy atom. The van der Waals surface area contributed by atoms with Crippen LogP contribution in [0.1, 0.15) is 17.0 Å². The highest BCUT2D eigenvalue weighted by molar-refractivity contribution is 6.00. The van der Waals surface area contributed by atoms with Crippen molar-refractivity contribution in [2.24, 2.45) is 13.0 Å². The Balaban J connectivity index is 1.54. The number of urea groups is 1. The fourth-order valence-electron chi connectivity index (χ4n) is 2.79. The molecule has 1 aliphatic rings. The van der Waals surface area contributed by atoms with Crippen molar-refractivity contribution in [3.63, 3.8) is 0 Å². The number of hydrogen-bond donors (Lipinski definition) is 0. The molecule has 1 atom stereocenters. The van der Waals surface area contributed by atoms with Crippen molar-refractivity contribution < 1.29 is 22.8 Å². The number of imide groups is 1. The summed E-state index contributed by atoms with van der Waals surface area (Å²) in [5.41, 5.74) is -0.217. The highest BCUT2D eigenvalue weighted by Gasteiger charge is 2.42. The van der Waals surface area contributed by atoms with Gasteiger partial charge in [-0.25, -0.2) is 4.79 Å². The van der Waals surface area contributed by atoms with Crippen molar-refractivity contribution in [3.05, 3.63) is 41.2 Å². The van der Waals surface area contributed by atoms with Crippen molar-refractivity contribution in [2.45, 2.75) is 19.1 Å². The summed E-state index contributed by atoms with van der Waals surface area (Å²) in [6.45, 7) is 0.338. The van der Waals surface area contributed by atoms with E-state index >= 15 is 0 Å². The van der Waals surface area contributed by atoms with Gasteiger partial charge in [0.1, 0.15) is 0 Å². The quantitative estimate of drug-likeness (QED) is 0.748. The molecule has 8 nitrogen and oxygen atoms in total. The van der Waals surface area contributed by atoms with Gasteiger partial charge in [0.15, 0.2) is 5.82 Å². The molecule has 144 valence electrons. The van der Waals surface area contributed by atoms with Crippen LogP contribution >= 0.6 is 0 Å². The molecular formula is C16H17F3N6O2. The molecule has 1 aliphatic heterocycles. The molecule has 0 bridgehead atoms. The van der Waals surface area contributed by atoms with Crippen LogP contribution in [-0.4, -0.2) is 55.5 Å². The average molecular weight is 382 g/mol. The molecule has 2 heterocycles. The zero-order valence-electron chi connectivity index (χ0n) is 14.6. The number of likely N-dealkylation sites (tertiary alicyclic amines) is 1. The van der Waals surface area contributed by atoms with E-state index in [1.807, 2.05) is 0 Å². The van der Waals surface area contributed by atoms with Gasteiger partial charge < -0.3 is 4.90 Å². The summed E-state index contributed by atoms with van der Waals surface area (Å²) in [5, 5.41) is 11.5. The molecule has 1 aromatic heterocycles. The molecule has 0 N–H and O–H groups in total. The third-order valence-corrected chi connectivity index (χ3v) is 4.26. The molecule has 0 unspecified atom stereocenters. The molecule has 2 aromatic rings. The van der Waals surface area contributed by atoms with Gasteiger partial charge in [-0.3, -0.25) is 9.69 Å². The number of nitrogens with zero attached hydrogens (tertiary/aromatic N) is 6. The summed E-state index contributed by atoms with van der Waals surface area (Å²) in [4.78, 5) is 28.3. The first-order valence-corrected chi connectivity index (χ1v) is 8.10. The maximum absolute atomic E-state index is 12.6. The molecule has 0 aliphatic carbocycles. The standard InChI is InChI=1S/C16H17F3N6O2/c1-23(8-10-3-5-12(6-4-10)16(17,18)19)15(27)25-9-11(14(25)26)7-13-20-22-24(2)21-13/h3-6,11H,7-9H2,1-2H3/t11-/m1/s1. The summed E-state index contributed by atoms with van der Waals surface area (Å²) in [6, 6.07) is 4.06. The molecule has 11 heteroatoms. The van der Waals surface area contributed by atoms with Crippen LogP contribution in [0.2, 0.25) is 0 Å². The van der Waals surface area contributed by atoms with Crippen molar-refractivity contribution >= 4 is 11.9 Å². The van der Waals surface area contributed by atoms with Gasteiger partial charge >= 0.3 is 12.2 Å². The van der Waals surface area contributed by atoms with Gasteiger partial charge in [-0.05, 0) is 22.9 Å². The number of aryl methyl sites for hydroxylation is 1. The molecule has 1 aromatic carbocycles. The Kier molecular flexibility index (Phi) is 4.85. The first-order chi connectivity index (χ1) is 12.6. The number of β-lactam (4-membered cyclic amide) rings is 1. The van der Waals surface area contributed by atoms with E-state index in [9.17, 15) is 22.8 Å². The Bertz CT molecular complexity index is 849. The zero-order valence-corrected chi connectivity index (χ0v) is 14.6. The van der Waals surface area contributed by atoms with Crippen LogP contribution in [0.25, 0.3) is 0 Å². The second kappa shape index (κ2) is 6.97. The highest BCUT2D eigenvalue weighted by Crippen LogP contribution is 2.29. The van der Waals surface area contributed by atoms with E-state index in [4.69, 9.17) is 0 Å². The first kappa shape index (κ1) is 18.8. The Morgan fingerprint density at radius 1 is 1.30 bits per heavy atom. The molecule has 1 fully saturated rings. The van der Waals surface area contributed by atoms with E-state index in [2.05, 4.69) is 15.4 Å². The average Bonchev–Trinajstić information content (AvgIpc) is 3.02. The second-order valence-electron chi connectivity index (χ2n) is 6.38. The first-order valence-electron chi connectivity index (χ1n) is 8.10. The topological polar surface area (TPSA) is 84.2 Å². The number of tetrazole rings is 1. The SMILES string of the molecule is CN(Cc1ccc(C(F)(F)F)cc1)C(=O)N1C[C@@H](Cc2nnn(C)n2)C1=O. The molecule has 0 saturated carbocycles. The third kappa shape index (κ3) is 4.07. The second-order valence-corrected chi connectivity index (χ2v) is 6.38. The fraction of sp³-hybridized carbons (Fsp3) is 0.438. The molecule has 0 spiro atoms. The fourth-order valence-corrected chi connectivity index (χ4v) is 2.79. The smallest absolute Gasteiger partial charge is 0.323 e. The van der Waals surface area contributed by atoms with Crippen LogP contribution in [-0.2, 0) is 31.0 Å². The van der Waals surface area contributed by atoms with Crippen molar-refractivity contribution in [2.75, 3.05) is 13.6 Å². The Labute approximate surface area is 152 Å². The Morgan fingerprint density at radius 2 is 1.96 bits per heavy atom. The lowest BCUT2D eigenvalue weighted by Gasteiger charge is -2.38. The minimum atomic E-state index is -4.41. The van der Waals surface area contributed by atoms with Gasteiger partial charge in [0.25, 0.3) is 0 Å². The van der Waals surface area contributed by atoms with E-state index in [1.54, 1.807) is 7.05 Å². The zero-order chi connectivity index (χ0) is 19.8. The lowest BCUT2D eigenvalue weighted by Crippen LogP contribution is -2.59. The molecule has 3 amide bonds. The minimum absolute atomic E-state index is 0.0944. The number of hydrogen-bond acceptors (Lipinski definition) is 5. The predicted molar refractivity (Wildman–Crippen MR) is 86.0 cm³/mol. The number of benzene rings is 1. The van der Waals surface area contributed by atoms with Crippen LogP contribution in [0.5, 0.6) is 0 Å². The van der Waals surface area contributed by atoms with E-state index in [-0.39, 0.29) is 24.9 Å². The summed E-state index contributed by atoms with van der Waals surface area (Å²) in [6.07, 6.45) is -4.10. The summed E-state index contributed by atoms with van der Waals surface area (Å²) >= 11 is 0. The molecule has 1 saturated heterocycles. The summed E-state index contributed by atoms with van der Waals surface area (Å²) < 4.78 is 37.8. The van der Waals surface area contributed by atoms with Crippen LogP contribution in [0.15, 0.2) is 24.3 Å². The van der Waals surface area contributed by atoms with Crippen LogP contribution < -0.4 is 0 Å². The summed E-state index contributed by atoms with van der Waals surface area (Å²) in [7, 11) is 3.11. The third-order valence-electron chi connectivity index (χ3n) is 4.26. The number of carbonyl (C=O) groups is 2. The van der Waals surface area contributed by atoms with E-state index in [0.717, 1.165) is 17.0 Å². The van der Waals surface area contributed by atoms with Crippen LogP contribution in [0.4, 0.5) is 18.0 Å². The van der Waals surface area contributed by atoms with Gasteiger partial charge in [-0.15, -0.1) is 10.2 Å². The van der Waals surface area contributed by atoms with Crippen molar-refractivity contribution in [1.82, 2.24) is 30.0 Å². The largest absolute Gasteiger partial charge is 0.416 e. The maximum Gasteiger partial charge on any atom is 0.416 e.